The molecule has 0 aliphatic heterocycles. The topological polar surface area (TPSA) is 34.9 Å². The first-order chi connectivity index (χ1) is 9.44. The fourth-order valence-corrected chi connectivity index (χ4v) is 2.73. The molecule has 0 unspecified atom stereocenters. The maximum Gasteiger partial charge on any atom is 0.263 e. The lowest BCUT2D eigenvalue weighted by Gasteiger charge is -2.31. The first-order valence-electron chi connectivity index (χ1n) is 6.86. The highest BCUT2D eigenvalue weighted by Crippen LogP contribution is 2.31. The Bertz CT molecular complexity index is 765. The maximum absolute atomic E-state index is 13.0. The lowest BCUT2D eigenvalue weighted by molar-refractivity contribution is 0.338. The van der Waals surface area contributed by atoms with Gasteiger partial charge in [0.05, 0.1) is 20.9 Å². The molecular weight excluding hydrogens is 307 g/mol. The van der Waals surface area contributed by atoms with Crippen molar-refractivity contribution in [2.75, 3.05) is 0 Å². The zero-order chi connectivity index (χ0) is 16.2. The quantitative estimate of drug-likeness (QED) is 0.699. The smallest absolute Gasteiger partial charge is 0.263 e. The molecule has 1 heterocycles. The molecule has 2 rings (SSSR count). The number of hydrogen-bond acceptors (Lipinski definition) is 2. The van der Waals surface area contributed by atoms with E-state index in [1.54, 1.807) is 16.7 Å². The van der Waals surface area contributed by atoms with E-state index >= 15 is 0 Å². The van der Waals surface area contributed by atoms with Gasteiger partial charge in [-0.2, -0.15) is 0 Å². The van der Waals surface area contributed by atoms with Gasteiger partial charge in [-0.25, -0.2) is 4.98 Å². The van der Waals surface area contributed by atoms with E-state index in [1.165, 1.54) is 0 Å². The molecule has 3 nitrogen and oxygen atoms in total. The predicted molar refractivity (Wildman–Crippen MR) is 89.7 cm³/mol. The van der Waals surface area contributed by atoms with Gasteiger partial charge < -0.3 is 0 Å². The molecule has 0 saturated carbocycles. The lowest BCUT2D eigenvalue weighted by Crippen LogP contribution is -2.40. The van der Waals surface area contributed by atoms with Gasteiger partial charge in [0.1, 0.15) is 5.82 Å². The molecule has 0 bridgehead atoms. The van der Waals surface area contributed by atoms with Gasteiger partial charge in [-0.1, -0.05) is 44.0 Å². The Hall–Kier alpha value is -1.06. The van der Waals surface area contributed by atoms with E-state index in [0.717, 1.165) is 5.82 Å². The molecule has 1 aromatic carbocycles. The van der Waals surface area contributed by atoms with Crippen LogP contribution in [-0.4, -0.2) is 9.55 Å². The van der Waals surface area contributed by atoms with Gasteiger partial charge in [-0.05, 0) is 32.9 Å². The van der Waals surface area contributed by atoms with Crippen molar-refractivity contribution in [3.8, 4) is 0 Å². The van der Waals surface area contributed by atoms with E-state index in [1.807, 2.05) is 41.5 Å². The Morgan fingerprint density at radius 2 is 1.62 bits per heavy atom. The molecular formula is C16H20Cl2N2O. The summed E-state index contributed by atoms with van der Waals surface area (Å²) in [5.41, 5.74) is -0.219. The van der Waals surface area contributed by atoms with Crippen LogP contribution in [0.2, 0.25) is 10.0 Å². The summed E-state index contributed by atoms with van der Waals surface area (Å²) in [5, 5.41) is 1.02. The standard InChI is InChI=1S/C16H20Cl2N2O/c1-15(2,3)14-19-10-8-7-9(17)12(18)11(10)13(21)20(14)16(4,5)6/h7-8H,1-6H3. The van der Waals surface area contributed by atoms with E-state index in [-0.39, 0.29) is 16.0 Å². The van der Waals surface area contributed by atoms with E-state index in [2.05, 4.69) is 0 Å². The molecule has 114 valence electrons. The Labute approximate surface area is 134 Å². The number of nitrogens with zero attached hydrogens (tertiary/aromatic N) is 2. The van der Waals surface area contributed by atoms with Crippen molar-refractivity contribution in [1.29, 1.82) is 0 Å². The molecule has 0 spiro atoms. The normalized spacial score (nSPS) is 13.0. The monoisotopic (exact) mass is 326 g/mol. The SMILES string of the molecule is CC(C)(C)c1nc2ccc(Cl)c(Cl)c2c(=O)n1C(C)(C)C. The Balaban J connectivity index is 3.07. The third kappa shape index (κ3) is 2.82. The van der Waals surface area contributed by atoms with E-state index < -0.39 is 5.54 Å². The molecule has 5 heteroatoms. The average Bonchev–Trinajstić information content (AvgIpc) is 2.30. The van der Waals surface area contributed by atoms with Crippen LogP contribution in [0.25, 0.3) is 10.9 Å². The number of aromatic nitrogens is 2. The second-order valence-corrected chi connectivity index (χ2v) is 8.04. The molecule has 0 saturated heterocycles. The molecule has 2 aromatic rings. The van der Waals surface area contributed by atoms with Crippen LogP contribution in [0.15, 0.2) is 16.9 Å². The van der Waals surface area contributed by atoms with Crippen molar-refractivity contribution < 1.29 is 0 Å². The van der Waals surface area contributed by atoms with Crippen LogP contribution in [0.4, 0.5) is 0 Å². The van der Waals surface area contributed by atoms with Crippen LogP contribution in [0.3, 0.4) is 0 Å². The summed E-state index contributed by atoms with van der Waals surface area (Å²) >= 11 is 12.3. The first kappa shape index (κ1) is 16.3. The van der Waals surface area contributed by atoms with E-state index in [4.69, 9.17) is 28.2 Å². The van der Waals surface area contributed by atoms with Crippen molar-refractivity contribution >= 4 is 34.1 Å². The highest BCUT2D eigenvalue weighted by molar-refractivity contribution is 6.45. The van der Waals surface area contributed by atoms with Gasteiger partial charge in [-0.3, -0.25) is 9.36 Å². The van der Waals surface area contributed by atoms with Crippen molar-refractivity contribution in [1.82, 2.24) is 9.55 Å². The van der Waals surface area contributed by atoms with Crippen LogP contribution in [0.1, 0.15) is 47.4 Å². The molecule has 21 heavy (non-hydrogen) atoms. The molecule has 0 atom stereocenters. The maximum atomic E-state index is 13.0. The molecule has 0 radical (unpaired) electrons. The summed E-state index contributed by atoms with van der Waals surface area (Å²) < 4.78 is 1.72. The molecule has 0 aliphatic carbocycles. The van der Waals surface area contributed by atoms with Crippen LogP contribution >= 0.6 is 23.2 Å². The number of halogens is 2. The molecule has 1 aromatic heterocycles. The fraction of sp³-hybridized carbons (Fsp3) is 0.500. The fourth-order valence-electron chi connectivity index (χ4n) is 2.33. The van der Waals surface area contributed by atoms with Crippen molar-refractivity contribution in [3.63, 3.8) is 0 Å². The minimum atomic E-state index is -0.396. The van der Waals surface area contributed by atoms with E-state index in [9.17, 15) is 4.79 Å². The summed E-state index contributed by atoms with van der Waals surface area (Å²) in [6.45, 7) is 12.1. The second-order valence-electron chi connectivity index (χ2n) is 7.25. The summed E-state index contributed by atoms with van der Waals surface area (Å²) in [4.78, 5) is 17.7. The van der Waals surface area contributed by atoms with Crippen molar-refractivity contribution in [2.24, 2.45) is 0 Å². The summed E-state index contributed by atoms with van der Waals surface area (Å²) in [6, 6.07) is 3.42. The summed E-state index contributed by atoms with van der Waals surface area (Å²) in [6.07, 6.45) is 0. The average molecular weight is 327 g/mol. The van der Waals surface area contributed by atoms with Crippen LogP contribution in [0.5, 0.6) is 0 Å². The van der Waals surface area contributed by atoms with Crippen LogP contribution in [-0.2, 0) is 11.0 Å². The minimum absolute atomic E-state index is 0.148. The Kier molecular flexibility index (Phi) is 3.88. The third-order valence-electron chi connectivity index (χ3n) is 3.27. The summed E-state index contributed by atoms with van der Waals surface area (Å²) in [5.74, 6) is 0.742. The number of fused-ring (bicyclic) bond motifs is 1. The van der Waals surface area contributed by atoms with Crippen molar-refractivity contribution in [2.45, 2.75) is 52.5 Å². The van der Waals surface area contributed by atoms with Gasteiger partial charge in [0.2, 0.25) is 0 Å². The Morgan fingerprint density at radius 3 is 2.10 bits per heavy atom. The van der Waals surface area contributed by atoms with Gasteiger partial charge in [-0.15, -0.1) is 0 Å². The zero-order valence-corrected chi connectivity index (χ0v) is 14.7. The number of benzene rings is 1. The molecule has 0 aliphatic rings. The zero-order valence-electron chi connectivity index (χ0n) is 13.2. The predicted octanol–water partition coefficient (Wildman–Crippen LogP) is 4.76. The van der Waals surface area contributed by atoms with Gasteiger partial charge in [0.15, 0.2) is 0 Å². The molecule has 0 amide bonds. The summed E-state index contributed by atoms with van der Waals surface area (Å²) in [7, 11) is 0. The van der Waals surface area contributed by atoms with Crippen LogP contribution in [0, 0.1) is 0 Å². The van der Waals surface area contributed by atoms with Gasteiger partial charge in [0, 0.05) is 11.0 Å². The second kappa shape index (κ2) is 4.99. The highest BCUT2D eigenvalue weighted by Gasteiger charge is 2.29. The Morgan fingerprint density at radius 1 is 1.05 bits per heavy atom. The first-order valence-corrected chi connectivity index (χ1v) is 7.62. The van der Waals surface area contributed by atoms with Crippen LogP contribution < -0.4 is 5.56 Å². The third-order valence-corrected chi connectivity index (χ3v) is 4.07. The lowest BCUT2D eigenvalue weighted by atomic mass is 9.93. The highest BCUT2D eigenvalue weighted by atomic mass is 35.5. The van der Waals surface area contributed by atoms with E-state index in [0.29, 0.717) is 15.9 Å². The number of hydrogen-bond donors (Lipinski definition) is 0. The van der Waals surface area contributed by atoms with Crippen molar-refractivity contribution in [3.05, 3.63) is 38.4 Å². The minimum Gasteiger partial charge on any atom is -0.290 e. The largest absolute Gasteiger partial charge is 0.290 e. The molecule has 0 fully saturated rings. The number of rotatable bonds is 0. The van der Waals surface area contributed by atoms with Gasteiger partial charge >= 0.3 is 0 Å². The van der Waals surface area contributed by atoms with Gasteiger partial charge in [0.25, 0.3) is 5.56 Å². The molecule has 0 N–H and O–H groups in total.